The Morgan fingerprint density at radius 3 is 2.39 bits per heavy atom. The SMILES string of the molecule is C=C[C@H](/C=C(\C)OS(=O)(=O)C(F)(F)F)CCCC. The Labute approximate surface area is 105 Å². The van der Waals surface area contributed by atoms with Crippen molar-refractivity contribution in [1.29, 1.82) is 0 Å². The number of halogens is 3. The summed E-state index contributed by atoms with van der Waals surface area (Å²) in [7, 11) is -5.57. The maximum Gasteiger partial charge on any atom is 0.534 e. The number of allylic oxidation sites excluding steroid dienone is 3. The van der Waals surface area contributed by atoms with E-state index < -0.39 is 15.6 Å². The Kier molecular flexibility index (Phi) is 6.45. The van der Waals surface area contributed by atoms with E-state index >= 15 is 0 Å². The molecule has 0 aromatic rings. The normalized spacial score (nSPS) is 15.3. The summed E-state index contributed by atoms with van der Waals surface area (Å²) < 4.78 is 61.6. The van der Waals surface area contributed by atoms with Gasteiger partial charge in [-0.05, 0) is 25.3 Å². The molecule has 106 valence electrons. The zero-order chi connectivity index (χ0) is 14.4. The van der Waals surface area contributed by atoms with Gasteiger partial charge >= 0.3 is 15.6 Å². The number of alkyl halides is 3. The summed E-state index contributed by atoms with van der Waals surface area (Å²) in [5.41, 5.74) is -5.41. The van der Waals surface area contributed by atoms with E-state index in [1.165, 1.54) is 13.0 Å². The molecule has 0 fully saturated rings. The minimum Gasteiger partial charge on any atom is -0.381 e. The molecule has 0 aromatic heterocycles. The first-order valence-electron chi connectivity index (χ1n) is 5.45. The highest BCUT2D eigenvalue weighted by molar-refractivity contribution is 7.87. The lowest BCUT2D eigenvalue weighted by Crippen LogP contribution is -2.25. The number of rotatable bonds is 7. The summed E-state index contributed by atoms with van der Waals surface area (Å²) in [5.74, 6) is -0.498. The smallest absolute Gasteiger partial charge is 0.381 e. The Balaban J connectivity index is 4.75. The van der Waals surface area contributed by atoms with E-state index in [-0.39, 0.29) is 11.7 Å². The van der Waals surface area contributed by atoms with E-state index in [9.17, 15) is 21.6 Å². The Morgan fingerprint density at radius 1 is 1.44 bits per heavy atom. The lowest BCUT2D eigenvalue weighted by Gasteiger charge is -2.12. The van der Waals surface area contributed by atoms with Crippen molar-refractivity contribution in [3.63, 3.8) is 0 Å². The van der Waals surface area contributed by atoms with Gasteiger partial charge in [0.2, 0.25) is 0 Å². The van der Waals surface area contributed by atoms with E-state index in [0.29, 0.717) is 6.42 Å². The molecule has 0 N–H and O–H groups in total. The second-order valence-corrected chi connectivity index (χ2v) is 5.34. The van der Waals surface area contributed by atoms with Gasteiger partial charge in [0.1, 0.15) is 5.76 Å². The average Bonchev–Trinajstić information content (AvgIpc) is 2.21. The van der Waals surface area contributed by atoms with Gasteiger partial charge in [-0.1, -0.05) is 25.8 Å². The molecule has 0 amide bonds. The van der Waals surface area contributed by atoms with Crippen molar-refractivity contribution in [2.75, 3.05) is 0 Å². The fourth-order valence-corrected chi connectivity index (χ4v) is 1.75. The molecule has 0 aliphatic rings. The maximum absolute atomic E-state index is 12.1. The highest BCUT2D eigenvalue weighted by Crippen LogP contribution is 2.27. The van der Waals surface area contributed by atoms with Crippen LogP contribution >= 0.6 is 0 Å². The highest BCUT2D eigenvalue weighted by atomic mass is 32.2. The fraction of sp³-hybridized carbons (Fsp3) is 0.636. The Morgan fingerprint density at radius 2 is 2.00 bits per heavy atom. The third-order valence-corrected chi connectivity index (χ3v) is 3.22. The van der Waals surface area contributed by atoms with E-state index in [4.69, 9.17) is 0 Å². The van der Waals surface area contributed by atoms with Gasteiger partial charge in [-0.25, -0.2) is 0 Å². The first kappa shape index (κ1) is 17.0. The second kappa shape index (κ2) is 6.82. The minimum absolute atomic E-state index is 0.201. The largest absolute Gasteiger partial charge is 0.534 e. The van der Waals surface area contributed by atoms with Crippen molar-refractivity contribution in [1.82, 2.24) is 0 Å². The molecule has 0 aliphatic carbocycles. The maximum atomic E-state index is 12.1. The monoisotopic (exact) mass is 286 g/mol. The molecule has 0 rings (SSSR count). The lowest BCUT2D eigenvalue weighted by molar-refractivity contribution is -0.0522. The molecule has 0 saturated carbocycles. The van der Waals surface area contributed by atoms with Gasteiger partial charge in [-0.3, -0.25) is 0 Å². The van der Waals surface area contributed by atoms with Crippen molar-refractivity contribution in [3.05, 3.63) is 24.5 Å². The van der Waals surface area contributed by atoms with Crippen LogP contribution in [0.15, 0.2) is 24.5 Å². The van der Waals surface area contributed by atoms with Crippen LogP contribution in [-0.4, -0.2) is 13.9 Å². The predicted molar refractivity (Wildman–Crippen MR) is 63.0 cm³/mol. The van der Waals surface area contributed by atoms with Crippen LogP contribution < -0.4 is 0 Å². The fourth-order valence-electron chi connectivity index (χ4n) is 1.26. The van der Waals surface area contributed by atoms with Gasteiger partial charge in [-0.2, -0.15) is 21.6 Å². The highest BCUT2D eigenvalue weighted by Gasteiger charge is 2.48. The van der Waals surface area contributed by atoms with Gasteiger partial charge < -0.3 is 4.18 Å². The molecular formula is C11H17F3O3S. The number of hydrogen-bond acceptors (Lipinski definition) is 3. The molecular weight excluding hydrogens is 269 g/mol. The Hall–Kier alpha value is -0.980. The molecule has 1 atom stereocenters. The molecule has 0 heterocycles. The summed E-state index contributed by atoms with van der Waals surface area (Å²) in [5, 5.41) is 0. The summed E-state index contributed by atoms with van der Waals surface area (Å²) in [6, 6.07) is 0. The van der Waals surface area contributed by atoms with Crippen molar-refractivity contribution in [2.24, 2.45) is 5.92 Å². The molecule has 0 bridgehead atoms. The average molecular weight is 286 g/mol. The van der Waals surface area contributed by atoms with Crippen molar-refractivity contribution in [2.45, 2.75) is 38.6 Å². The molecule has 18 heavy (non-hydrogen) atoms. The van der Waals surface area contributed by atoms with Crippen molar-refractivity contribution in [3.8, 4) is 0 Å². The topological polar surface area (TPSA) is 43.4 Å². The first-order chi connectivity index (χ1) is 8.14. The van der Waals surface area contributed by atoms with Crippen LogP contribution in [0.1, 0.15) is 33.1 Å². The summed E-state index contributed by atoms with van der Waals surface area (Å²) in [6.07, 6.45) is 5.35. The summed E-state index contributed by atoms with van der Waals surface area (Å²) in [6.45, 7) is 6.69. The van der Waals surface area contributed by atoms with Gasteiger partial charge in [0.15, 0.2) is 0 Å². The molecule has 0 unspecified atom stereocenters. The third kappa shape index (κ3) is 5.57. The summed E-state index contributed by atoms with van der Waals surface area (Å²) >= 11 is 0. The van der Waals surface area contributed by atoms with Crippen molar-refractivity contribution < 1.29 is 25.8 Å². The van der Waals surface area contributed by atoms with Crippen LogP contribution in [0, 0.1) is 5.92 Å². The molecule has 0 radical (unpaired) electrons. The van der Waals surface area contributed by atoms with E-state index in [0.717, 1.165) is 12.8 Å². The van der Waals surface area contributed by atoms with Gasteiger partial charge in [-0.15, -0.1) is 6.58 Å². The zero-order valence-corrected chi connectivity index (χ0v) is 11.1. The summed E-state index contributed by atoms with van der Waals surface area (Å²) in [4.78, 5) is 0. The third-order valence-electron chi connectivity index (χ3n) is 2.17. The van der Waals surface area contributed by atoms with Crippen LogP contribution in [0.5, 0.6) is 0 Å². The van der Waals surface area contributed by atoms with E-state index in [1.807, 2.05) is 6.92 Å². The standard InChI is InChI=1S/C11H17F3O3S/c1-4-6-7-10(5-2)8-9(3)17-18(15,16)11(12,13)14/h5,8,10H,2,4,6-7H2,1,3H3/b9-8+/t10-/m0/s1. The first-order valence-corrected chi connectivity index (χ1v) is 6.86. The van der Waals surface area contributed by atoms with Crippen LogP contribution in [0.2, 0.25) is 0 Å². The van der Waals surface area contributed by atoms with E-state index in [1.54, 1.807) is 6.08 Å². The number of hydrogen-bond donors (Lipinski definition) is 0. The van der Waals surface area contributed by atoms with Gasteiger partial charge in [0, 0.05) is 0 Å². The Bertz CT molecular complexity index is 396. The molecule has 0 spiro atoms. The molecule has 7 heteroatoms. The molecule has 3 nitrogen and oxygen atoms in total. The van der Waals surface area contributed by atoms with Gasteiger partial charge in [0.25, 0.3) is 0 Å². The van der Waals surface area contributed by atoms with Crippen LogP contribution in [-0.2, 0) is 14.3 Å². The van der Waals surface area contributed by atoms with Crippen molar-refractivity contribution >= 4 is 10.1 Å². The molecule has 0 aliphatic heterocycles. The second-order valence-electron chi connectivity index (χ2n) is 3.80. The van der Waals surface area contributed by atoms with Gasteiger partial charge in [0.05, 0.1) is 0 Å². The minimum atomic E-state index is -5.57. The molecule has 0 aromatic carbocycles. The van der Waals surface area contributed by atoms with Crippen LogP contribution in [0.3, 0.4) is 0 Å². The quantitative estimate of drug-likeness (QED) is 0.310. The van der Waals surface area contributed by atoms with Crippen LogP contribution in [0.25, 0.3) is 0 Å². The predicted octanol–water partition coefficient (Wildman–Crippen LogP) is 3.75. The van der Waals surface area contributed by atoms with E-state index in [2.05, 4.69) is 10.8 Å². The molecule has 0 saturated heterocycles. The lowest BCUT2D eigenvalue weighted by atomic mass is 10.0. The zero-order valence-electron chi connectivity index (χ0n) is 10.3. The number of unbranched alkanes of at least 4 members (excludes halogenated alkanes) is 1. The van der Waals surface area contributed by atoms with Crippen LogP contribution in [0.4, 0.5) is 13.2 Å².